The van der Waals surface area contributed by atoms with E-state index in [1.54, 1.807) is 4.90 Å². The van der Waals surface area contributed by atoms with Gasteiger partial charge < -0.3 is 15.6 Å². The van der Waals surface area contributed by atoms with Crippen LogP contribution in [-0.2, 0) is 9.59 Å². The molecule has 1 aliphatic rings. The summed E-state index contributed by atoms with van der Waals surface area (Å²) in [5.74, 6) is -0.412. The average Bonchev–Trinajstić information content (AvgIpc) is 3.27. The van der Waals surface area contributed by atoms with E-state index in [4.69, 9.17) is 5.73 Å². The number of rotatable bonds is 7. The van der Waals surface area contributed by atoms with Crippen molar-refractivity contribution in [1.82, 2.24) is 9.88 Å². The molecule has 1 aromatic heterocycles. The first-order valence-corrected chi connectivity index (χ1v) is 8.66. The topological polar surface area (TPSA) is 82.4 Å². The van der Waals surface area contributed by atoms with E-state index in [0.29, 0.717) is 13.1 Å². The van der Waals surface area contributed by atoms with Crippen molar-refractivity contribution in [2.75, 3.05) is 24.5 Å². The summed E-state index contributed by atoms with van der Waals surface area (Å²) < 4.78 is 0. The second-order valence-electron chi connectivity index (χ2n) is 6.35. The maximum atomic E-state index is 12.9. The van der Waals surface area contributed by atoms with E-state index in [2.05, 4.69) is 16.0 Å². The van der Waals surface area contributed by atoms with E-state index < -0.39 is 5.91 Å². The predicted octanol–water partition coefficient (Wildman–Crippen LogP) is 2.06. The van der Waals surface area contributed by atoms with E-state index in [1.807, 2.05) is 42.6 Å². The van der Waals surface area contributed by atoms with Crippen molar-refractivity contribution in [1.29, 1.82) is 0 Å². The summed E-state index contributed by atoms with van der Waals surface area (Å²) >= 11 is 0. The maximum absolute atomic E-state index is 12.9. The highest BCUT2D eigenvalue weighted by molar-refractivity contribution is 5.95. The molecule has 1 fully saturated rings. The molecule has 0 saturated carbocycles. The van der Waals surface area contributed by atoms with Gasteiger partial charge in [-0.25, -0.2) is 0 Å². The number of benzene rings is 1. The molecule has 25 heavy (non-hydrogen) atoms. The molecule has 0 spiro atoms. The van der Waals surface area contributed by atoms with Gasteiger partial charge in [-0.15, -0.1) is 0 Å². The minimum absolute atomic E-state index is 0.00842. The van der Waals surface area contributed by atoms with Crippen LogP contribution in [0.5, 0.6) is 0 Å². The highest BCUT2D eigenvalue weighted by Gasteiger charge is 2.29. The van der Waals surface area contributed by atoms with E-state index in [1.165, 1.54) is 0 Å². The van der Waals surface area contributed by atoms with Gasteiger partial charge in [-0.05, 0) is 43.7 Å². The Morgan fingerprint density at radius 2 is 2.00 bits per heavy atom. The van der Waals surface area contributed by atoms with Gasteiger partial charge in [-0.1, -0.05) is 18.2 Å². The lowest BCUT2D eigenvalue weighted by atomic mass is 10.1. The normalized spacial score (nSPS) is 17.5. The van der Waals surface area contributed by atoms with Crippen LogP contribution >= 0.6 is 0 Å². The fraction of sp³-hybridized carbons (Fsp3) is 0.368. The highest BCUT2D eigenvalue weighted by Crippen LogP contribution is 2.30. The van der Waals surface area contributed by atoms with Crippen molar-refractivity contribution >= 4 is 17.5 Å². The van der Waals surface area contributed by atoms with Gasteiger partial charge in [0.25, 0.3) is 0 Å². The molecule has 6 nitrogen and oxygen atoms in total. The summed E-state index contributed by atoms with van der Waals surface area (Å²) in [6.07, 6.45) is 4.18. The molecule has 0 aliphatic carbocycles. The Labute approximate surface area is 147 Å². The third-order valence-corrected chi connectivity index (χ3v) is 4.63. The van der Waals surface area contributed by atoms with Crippen LogP contribution in [-0.4, -0.2) is 41.3 Å². The van der Waals surface area contributed by atoms with Gasteiger partial charge >= 0.3 is 0 Å². The molecule has 1 aromatic carbocycles. The Morgan fingerprint density at radius 1 is 1.20 bits per heavy atom. The molecule has 0 radical (unpaired) electrons. The number of carbonyl (C=O) groups is 2. The zero-order valence-corrected chi connectivity index (χ0v) is 14.2. The standard InChI is InChI=1S/C19H24N4O2/c20-18(24)10-13-23(15-6-2-1-3-7-15)19(25)14-22-12-5-9-17(22)16-8-4-11-21-16/h1-4,6-8,11,17,21H,5,9-10,12-14H2,(H2,20,24). The Hall–Kier alpha value is -2.60. The Balaban J connectivity index is 1.72. The lowest BCUT2D eigenvalue weighted by Crippen LogP contribution is -2.41. The summed E-state index contributed by atoms with van der Waals surface area (Å²) in [6, 6.07) is 13.7. The second-order valence-corrected chi connectivity index (χ2v) is 6.35. The summed E-state index contributed by atoms with van der Waals surface area (Å²) in [6.45, 7) is 1.53. The first-order valence-electron chi connectivity index (χ1n) is 8.66. The zero-order valence-electron chi connectivity index (χ0n) is 14.2. The van der Waals surface area contributed by atoms with Crippen LogP contribution in [0.15, 0.2) is 48.7 Å². The number of nitrogens with one attached hydrogen (secondary N) is 1. The molecule has 1 saturated heterocycles. The number of anilines is 1. The number of aromatic amines is 1. The van der Waals surface area contributed by atoms with Crippen LogP contribution in [0.3, 0.4) is 0 Å². The van der Waals surface area contributed by atoms with Crippen molar-refractivity contribution in [3.05, 3.63) is 54.4 Å². The Bertz CT molecular complexity index is 699. The average molecular weight is 340 g/mol. The third kappa shape index (κ3) is 4.28. The molecule has 2 amide bonds. The number of nitrogens with two attached hydrogens (primary N) is 1. The quantitative estimate of drug-likeness (QED) is 0.809. The van der Waals surface area contributed by atoms with Crippen LogP contribution in [0.1, 0.15) is 31.0 Å². The van der Waals surface area contributed by atoms with E-state index in [0.717, 1.165) is 30.8 Å². The van der Waals surface area contributed by atoms with Gasteiger partial charge in [0.05, 0.1) is 12.6 Å². The third-order valence-electron chi connectivity index (χ3n) is 4.63. The molecular weight excluding hydrogens is 316 g/mol. The largest absolute Gasteiger partial charge is 0.370 e. The fourth-order valence-corrected chi connectivity index (χ4v) is 3.41. The summed E-state index contributed by atoms with van der Waals surface area (Å²) in [5.41, 5.74) is 7.22. The SMILES string of the molecule is NC(=O)CCN(C(=O)CN1CCCC1c1ccc[nH]1)c1ccccc1. The van der Waals surface area contributed by atoms with Crippen LogP contribution in [0.2, 0.25) is 0 Å². The van der Waals surface area contributed by atoms with E-state index >= 15 is 0 Å². The molecule has 132 valence electrons. The van der Waals surface area contributed by atoms with Gasteiger partial charge in [0.2, 0.25) is 11.8 Å². The number of carbonyl (C=O) groups excluding carboxylic acids is 2. The van der Waals surface area contributed by atoms with Crippen molar-refractivity contribution in [2.45, 2.75) is 25.3 Å². The van der Waals surface area contributed by atoms with Crippen molar-refractivity contribution in [2.24, 2.45) is 5.73 Å². The van der Waals surface area contributed by atoms with Crippen LogP contribution < -0.4 is 10.6 Å². The number of nitrogens with zero attached hydrogens (tertiary/aromatic N) is 2. The highest BCUT2D eigenvalue weighted by atomic mass is 16.2. The lowest BCUT2D eigenvalue weighted by molar-refractivity contribution is -0.120. The molecule has 1 aliphatic heterocycles. The van der Waals surface area contributed by atoms with Gasteiger partial charge in [0.1, 0.15) is 0 Å². The number of para-hydroxylation sites is 1. The van der Waals surface area contributed by atoms with E-state index in [-0.39, 0.29) is 18.4 Å². The second kappa shape index (κ2) is 7.98. The van der Waals surface area contributed by atoms with Crippen LogP contribution in [0.4, 0.5) is 5.69 Å². The Kier molecular flexibility index (Phi) is 5.50. The molecule has 6 heteroatoms. The van der Waals surface area contributed by atoms with Crippen LogP contribution in [0.25, 0.3) is 0 Å². The number of primary amides is 1. The number of likely N-dealkylation sites (tertiary alicyclic amines) is 1. The number of aromatic nitrogens is 1. The van der Waals surface area contributed by atoms with Gasteiger partial charge in [-0.3, -0.25) is 14.5 Å². The number of hydrogen-bond acceptors (Lipinski definition) is 3. The summed E-state index contributed by atoms with van der Waals surface area (Å²) in [7, 11) is 0. The first-order chi connectivity index (χ1) is 12.1. The smallest absolute Gasteiger partial charge is 0.241 e. The minimum Gasteiger partial charge on any atom is -0.370 e. The first kappa shape index (κ1) is 17.2. The molecular formula is C19H24N4O2. The van der Waals surface area contributed by atoms with Crippen LogP contribution in [0, 0.1) is 0 Å². The van der Waals surface area contributed by atoms with Crippen molar-refractivity contribution < 1.29 is 9.59 Å². The maximum Gasteiger partial charge on any atom is 0.241 e. The van der Waals surface area contributed by atoms with Gasteiger partial charge in [0, 0.05) is 30.5 Å². The van der Waals surface area contributed by atoms with Crippen molar-refractivity contribution in [3.8, 4) is 0 Å². The molecule has 1 atom stereocenters. The molecule has 3 rings (SSSR count). The Morgan fingerprint density at radius 3 is 2.68 bits per heavy atom. The molecule has 2 aromatic rings. The number of H-pyrrole nitrogens is 1. The lowest BCUT2D eigenvalue weighted by Gasteiger charge is -2.28. The molecule has 0 bridgehead atoms. The number of amides is 2. The minimum atomic E-state index is -0.404. The summed E-state index contributed by atoms with van der Waals surface area (Å²) in [4.78, 5) is 31.2. The summed E-state index contributed by atoms with van der Waals surface area (Å²) in [5, 5.41) is 0. The van der Waals surface area contributed by atoms with Gasteiger partial charge in [-0.2, -0.15) is 0 Å². The monoisotopic (exact) mass is 340 g/mol. The van der Waals surface area contributed by atoms with Gasteiger partial charge in [0.15, 0.2) is 0 Å². The molecule has 2 heterocycles. The van der Waals surface area contributed by atoms with Crippen molar-refractivity contribution in [3.63, 3.8) is 0 Å². The van der Waals surface area contributed by atoms with E-state index in [9.17, 15) is 9.59 Å². The predicted molar refractivity (Wildman–Crippen MR) is 96.9 cm³/mol. The fourth-order valence-electron chi connectivity index (χ4n) is 3.41. The molecule has 1 unspecified atom stereocenters. The molecule has 3 N–H and O–H groups in total. The zero-order chi connectivity index (χ0) is 17.6. The number of hydrogen-bond donors (Lipinski definition) is 2.